The van der Waals surface area contributed by atoms with Crippen molar-refractivity contribution in [3.05, 3.63) is 0 Å². The fourth-order valence-corrected chi connectivity index (χ4v) is 19.6. The van der Waals surface area contributed by atoms with Crippen LogP contribution in [0.1, 0.15) is 96.3 Å². The molecule has 3 saturated carbocycles. The standard InChI is InChI=1S/3C6H12N.Sb/c3*7-6-4-2-1-3-5-6;/h3*1-5,7H2;. The van der Waals surface area contributed by atoms with E-state index in [-0.39, 0.29) is 10.5 Å². The van der Waals surface area contributed by atoms with Crippen molar-refractivity contribution in [3.8, 4) is 0 Å². The van der Waals surface area contributed by atoms with E-state index >= 15 is 0 Å². The van der Waals surface area contributed by atoms with E-state index in [1.54, 1.807) is 0 Å². The van der Waals surface area contributed by atoms with Gasteiger partial charge in [0.1, 0.15) is 0 Å². The summed E-state index contributed by atoms with van der Waals surface area (Å²) in [6.07, 6.45) is 19.2. The van der Waals surface area contributed by atoms with E-state index in [9.17, 15) is 0 Å². The molecule has 4 heteroatoms. The van der Waals surface area contributed by atoms with Gasteiger partial charge >= 0.3 is 144 Å². The van der Waals surface area contributed by atoms with E-state index in [1.165, 1.54) is 96.3 Å². The molecule has 22 heavy (non-hydrogen) atoms. The van der Waals surface area contributed by atoms with Gasteiger partial charge in [0.15, 0.2) is 0 Å². The second-order valence-electron chi connectivity index (χ2n) is 8.33. The van der Waals surface area contributed by atoms with Crippen LogP contribution in [-0.2, 0) is 0 Å². The van der Waals surface area contributed by atoms with E-state index in [0.29, 0.717) is 0 Å². The summed E-state index contributed by atoms with van der Waals surface area (Å²) in [6.45, 7) is 0. The van der Waals surface area contributed by atoms with Gasteiger partial charge < -0.3 is 0 Å². The van der Waals surface area contributed by atoms with Crippen LogP contribution < -0.4 is 17.2 Å². The molecule has 3 nitrogen and oxygen atoms in total. The summed E-state index contributed by atoms with van der Waals surface area (Å²) in [7, 11) is 0. The predicted molar refractivity (Wildman–Crippen MR) is 95.8 cm³/mol. The zero-order valence-electron chi connectivity index (χ0n) is 14.3. The van der Waals surface area contributed by atoms with Crippen molar-refractivity contribution in [1.29, 1.82) is 0 Å². The monoisotopic (exact) mass is 415 g/mol. The zero-order valence-corrected chi connectivity index (χ0v) is 16.8. The second-order valence-corrected chi connectivity index (χ2v) is 17.9. The molecule has 0 aromatic rings. The Balaban J connectivity index is 1.93. The van der Waals surface area contributed by atoms with Crippen molar-refractivity contribution in [2.45, 2.75) is 107 Å². The van der Waals surface area contributed by atoms with Crippen molar-refractivity contribution in [2.24, 2.45) is 17.2 Å². The van der Waals surface area contributed by atoms with Gasteiger partial charge in [-0.15, -0.1) is 0 Å². The van der Waals surface area contributed by atoms with E-state index in [0.717, 1.165) is 0 Å². The Morgan fingerprint density at radius 1 is 0.409 bits per heavy atom. The van der Waals surface area contributed by atoms with Gasteiger partial charge in [0.2, 0.25) is 0 Å². The maximum atomic E-state index is 7.16. The van der Waals surface area contributed by atoms with Crippen molar-refractivity contribution in [3.63, 3.8) is 0 Å². The maximum absolute atomic E-state index is 7.16. The molecule has 0 unspecified atom stereocenters. The molecule has 0 heterocycles. The molecule has 128 valence electrons. The molecule has 0 aromatic heterocycles. The molecule has 0 saturated heterocycles. The molecule has 0 atom stereocenters. The molecule has 0 aliphatic heterocycles. The minimum atomic E-state index is -2.07. The Labute approximate surface area is 144 Å². The van der Waals surface area contributed by atoms with Crippen molar-refractivity contribution in [1.82, 2.24) is 0 Å². The summed E-state index contributed by atoms with van der Waals surface area (Å²) in [6, 6.07) is 0. The summed E-state index contributed by atoms with van der Waals surface area (Å²) in [4.78, 5) is 0. The normalized spacial score (nSPS) is 31.1. The van der Waals surface area contributed by atoms with Gasteiger partial charge in [0.25, 0.3) is 0 Å². The van der Waals surface area contributed by atoms with Crippen LogP contribution in [0.2, 0.25) is 0 Å². The van der Waals surface area contributed by atoms with Crippen LogP contribution in [0.4, 0.5) is 0 Å². The number of nitrogens with two attached hydrogens (primary N) is 3. The molecular formula is C18H36N3Sb. The summed E-state index contributed by atoms with van der Waals surface area (Å²) in [5.41, 5.74) is 21.5. The summed E-state index contributed by atoms with van der Waals surface area (Å²) in [5, 5.41) is 0. The number of hydrogen-bond acceptors (Lipinski definition) is 3. The Kier molecular flexibility index (Phi) is 5.50. The molecule has 0 radical (unpaired) electrons. The van der Waals surface area contributed by atoms with Crippen LogP contribution in [0.3, 0.4) is 0 Å². The van der Waals surface area contributed by atoms with Crippen LogP contribution in [0.5, 0.6) is 0 Å². The quantitative estimate of drug-likeness (QED) is 0.619. The van der Waals surface area contributed by atoms with Gasteiger partial charge in [0, 0.05) is 0 Å². The van der Waals surface area contributed by atoms with Gasteiger partial charge in [-0.25, -0.2) is 0 Å². The minimum absolute atomic E-state index is 0.0687. The number of rotatable bonds is 3. The molecule has 3 fully saturated rings. The van der Waals surface area contributed by atoms with E-state index in [1.807, 2.05) is 0 Å². The third kappa shape index (κ3) is 3.39. The average Bonchev–Trinajstić information content (AvgIpc) is 2.48. The van der Waals surface area contributed by atoms with Crippen LogP contribution in [-0.4, -0.2) is 30.7 Å². The van der Waals surface area contributed by atoms with E-state index < -0.39 is 20.2 Å². The molecule has 0 aromatic carbocycles. The SMILES string of the molecule is N[C]1([Sb]([C]2(N)CCCCC2)[C]2(N)CCCCC2)CCCCC1. The number of hydrogen-bond donors (Lipinski definition) is 3. The Bertz CT molecular complexity index is 309. The van der Waals surface area contributed by atoms with Crippen LogP contribution >= 0.6 is 0 Å². The molecule has 3 rings (SSSR count). The van der Waals surface area contributed by atoms with Crippen LogP contribution in [0, 0.1) is 0 Å². The molecule has 0 amide bonds. The second kappa shape index (κ2) is 6.90. The first-order valence-electron chi connectivity index (χ1n) is 9.66. The third-order valence-corrected chi connectivity index (χ3v) is 17.9. The van der Waals surface area contributed by atoms with Crippen molar-refractivity contribution in [2.75, 3.05) is 0 Å². The summed E-state index contributed by atoms with van der Waals surface area (Å²) >= 11 is -2.07. The first-order chi connectivity index (χ1) is 10.5. The zero-order chi connectivity index (χ0) is 15.7. The Morgan fingerprint density at radius 2 is 0.636 bits per heavy atom. The predicted octanol–water partition coefficient (Wildman–Crippen LogP) is 3.08. The van der Waals surface area contributed by atoms with Gasteiger partial charge in [-0.1, -0.05) is 0 Å². The molecule has 3 aliphatic carbocycles. The fraction of sp³-hybridized carbons (Fsp3) is 1.00. The first-order valence-corrected chi connectivity index (χ1v) is 13.5. The van der Waals surface area contributed by atoms with Crippen LogP contribution in [0.25, 0.3) is 0 Å². The molecule has 3 aliphatic rings. The first kappa shape index (κ1) is 17.5. The fourth-order valence-electron chi connectivity index (χ4n) is 5.49. The van der Waals surface area contributed by atoms with Gasteiger partial charge in [0.05, 0.1) is 0 Å². The van der Waals surface area contributed by atoms with E-state index in [2.05, 4.69) is 0 Å². The molecule has 6 N–H and O–H groups in total. The van der Waals surface area contributed by atoms with Crippen LogP contribution in [0.15, 0.2) is 0 Å². The molecular weight excluding hydrogens is 380 g/mol. The third-order valence-electron chi connectivity index (χ3n) is 6.49. The van der Waals surface area contributed by atoms with Gasteiger partial charge in [-0.2, -0.15) is 0 Å². The average molecular weight is 416 g/mol. The Morgan fingerprint density at radius 3 is 0.864 bits per heavy atom. The van der Waals surface area contributed by atoms with Crippen molar-refractivity contribution >= 4 is 20.2 Å². The topological polar surface area (TPSA) is 78.1 Å². The van der Waals surface area contributed by atoms with Gasteiger partial charge in [-0.05, 0) is 0 Å². The Hall–Kier alpha value is 0.698. The van der Waals surface area contributed by atoms with E-state index in [4.69, 9.17) is 17.2 Å². The molecule has 0 bridgehead atoms. The summed E-state index contributed by atoms with van der Waals surface area (Å²) in [5.74, 6) is 0. The van der Waals surface area contributed by atoms with Gasteiger partial charge in [-0.3, -0.25) is 0 Å². The van der Waals surface area contributed by atoms with Crippen molar-refractivity contribution < 1.29 is 0 Å². The molecule has 0 spiro atoms. The summed E-state index contributed by atoms with van der Waals surface area (Å²) < 4.78 is 0.206.